The van der Waals surface area contributed by atoms with E-state index < -0.39 is 6.04 Å². The summed E-state index contributed by atoms with van der Waals surface area (Å²) in [5.74, 6) is -0.364. The van der Waals surface area contributed by atoms with E-state index in [1.54, 1.807) is 0 Å². The topological polar surface area (TPSA) is 64.7 Å². The zero-order valence-corrected chi connectivity index (χ0v) is 7.97. The van der Waals surface area contributed by atoms with E-state index in [4.69, 9.17) is 10.5 Å². The summed E-state index contributed by atoms with van der Waals surface area (Å²) in [6.45, 7) is 2.74. The second-order valence-electron chi connectivity index (χ2n) is 2.37. The molecule has 0 aromatic carbocycles. The number of nitrogens with zero attached hydrogens (tertiary/aromatic N) is 1. The van der Waals surface area contributed by atoms with Gasteiger partial charge in [0.2, 0.25) is 0 Å². The second-order valence-corrected chi connectivity index (χ2v) is 2.58. The minimum Gasteiger partial charge on any atom is -0.464 e. The number of carbonyl (C=O) groups excluding carboxylic acids is 1. The molecule has 0 heterocycles. The zero-order chi connectivity index (χ0) is 9.40. The third-order valence-corrected chi connectivity index (χ3v) is 1.54. The van der Waals surface area contributed by atoms with Gasteiger partial charge >= 0.3 is 5.97 Å². The molecule has 1 atom stereocenters. The molecule has 0 rings (SSSR count). The lowest BCUT2D eigenvalue weighted by Gasteiger charge is -2.08. The van der Waals surface area contributed by atoms with Crippen LogP contribution >= 0.6 is 0 Å². The van der Waals surface area contributed by atoms with E-state index in [9.17, 15) is 4.79 Å². The first-order valence-corrected chi connectivity index (χ1v) is 4.32. The first-order valence-electron chi connectivity index (χ1n) is 3.95. The van der Waals surface area contributed by atoms with E-state index in [0.29, 0.717) is 19.6 Å². The molecular weight excluding hydrogens is 176 g/mol. The lowest BCUT2D eigenvalue weighted by atomic mass is 10.2. The fourth-order valence-electron chi connectivity index (χ4n) is 0.670. The van der Waals surface area contributed by atoms with Crippen molar-refractivity contribution in [2.45, 2.75) is 25.8 Å². The van der Waals surface area contributed by atoms with Gasteiger partial charge in [0.15, 0.2) is 6.04 Å². The molecule has 0 aliphatic carbocycles. The molecule has 5 heteroatoms. The Balaban J connectivity index is 3.77. The molecule has 70 valence electrons. The van der Waals surface area contributed by atoms with Crippen molar-refractivity contribution in [3.8, 4) is 0 Å². The minimum atomic E-state index is -0.559. The molecule has 0 aromatic rings. The average molecular weight is 190 g/mol. The van der Waals surface area contributed by atoms with Crippen LogP contribution in [0.1, 0.15) is 19.8 Å². The van der Waals surface area contributed by atoms with Gasteiger partial charge in [-0.05, 0) is 19.4 Å². The van der Waals surface area contributed by atoms with Crippen molar-refractivity contribution in [1.29, 1.82) is 0 Å². The molecule has 0 radical (unpaired) electrons. The maximum Gasteiger partial charge on any atom is 0.332 e. The van der Waals surface area contributed by atoms with Crippen molar-refractivity contribution in [3.63, 3.8) is 0 Å². The van der Waals surface area contributed by atoms with Crippen molar-refractivity contribution in [3.05, 3.63) is 0 Å². The second kappa shape index (κ2) is 7.12. The highest BCUT2D eigenvalue weighted by Crippen LogP contribution is 1.99. The summed E-state index contributed by atoms with van der Waals surface area (Å²) >= 11 is 4.43. The van der Waals surface area contributed by atoms with Gasteiger partial charge in [-0.3, -0.25) is 0 Å². The molecule has 0 fully saturated rings. The predicted molar refractivity (Wildman–Crippen MR) is 48.5 cm³/mol. The zero-order valence-electron chi connectivity index (χ0n) is 7.16. The normalized spacial score (nSPS) is 12.2. The van der Waals surface area contributed by atoms with Crippen molar-refractivity contribution < 1.29 is 9.53 Å². The number of ether oxygens (including phenoxy) is 1. The number of carbonyl (C=O) groups is 1. The number of rotatable bonds is 6. The minimum absolute atomic E-state index is 0.364. The Morgan fingerprint density at radius 1 is 1.75 bits per heavy atom. The van der Waals surface area contributed by atoms with Crippen molar-refractivity contribution in [2.24, 2.45) is 10.1 Å². The molecule has 0 bridgehead atoms. The largest absolute Gasteiger partial charge is 0.464 e. The number of esters is 1. The first kappa shape index (κ1) is 11.4. The summed E-state index contributed by atoms with van der Waals surface area (Å²) < 4.78 is 8.30. The van der Waals surface area contributed by atoms with E-state index in [1.807, 2.05) is 6.92 Å². The molecule has 1 unspecified atom stereocenters. The van der Waals surface area contributed by atoms with Crippen molar-refractivity contribution in [1.82, 2.24) is 0 Å². The van der Waals surface area contributed by atoms with Gasteiger partial charge in [-0.25, -0.2) is 9.16 Å². The van der Waals surface area contributed by atoms with Gasteiger partial charge in [-0.15, -0.1) is 0 Å². The van der Waals surface area contributed by atoms with Gasteiger partial charge in [-0.1, -0.05) is 6.92 Å². The summed E-state index contributed by atoms with van der Waals surface area (Å²) in [7, 11) is 0. The molecule has 0 aliphatic heterocycles. The lowest BCUT2D eigenvalue weighted by molar-refractivity contribution is -0.145. The Morgan fingerprint density at radius 3 is 2.83 bits per heavy atom. The highest BCUT2D eigenvalue weighted by atomic mass is 32.1. The van der Waals surface area contributed by atoms with Gasteiger partial charge < -0.3 is 10.5 Å². The van der Waals surface area contributed by atoms with Crippen LogP contribution < -0.4 is 5.73 Å². The van der Waals surface area contributed by atoms with Gasteiger partial charge in [0.25, 0.3) is 0 Å². The van der Waals surface area contributed by atoms with E-state index in [2.05, 4.69) is 16.8 Å². The lowest BCUT2D eigenvalue weighted by Crippen LogP contribution is -2.24. The van der Waals surface area contributed by atoms with Crippen LogP contribution in [-0.4, -0.2) is 25.2 Å². The van der Waals surface area contributed by atoms with Crippen LogP contribution in [0.2, 0.25) is 0 Å². The molecule has 12 heavy (non-hydrogen) atoms. The van der Waals surface area contributed by atoms with Crippen molar-refractivity contribution in [2.75, 3.05) is 13.2 Å². The molecular formula is C7H14N2O2S. The molecule has 0 aliphatic rings. The van der Waals surface area contributed by atoms with Crippen LogP contribution in [-0.2, 0) is 22.0 Å². The van der Waals surface area contributed by atoms with E-state index in [1.165, 1.54) is 0 Å². The standard InChI is InChI=1S/C7H14N2O2S/c1-2-5-11-7(10)6(9-12)3-4-8/h6H,2-5,8H2,1H3. The SMILES string of the molecule is CCCOC(=O)C(CCN)N=S. The fraction of sp³-hybridized carbons (Fsp3) is 0.857. The van der Waals surface area contributed by atoms with Crippen LogP contribution in [0.4, 0.5) is 0 Å². The third-order valence-electron chi connectivity index (χ3n) is 1.29. The quantitative estimate of drug-likeness (QED) is 0.615. The maximum atomic E-state index is 11.1. The molecule has 0 saturated carbocycles. The smallest absolute Gasteiger partial charge is 0.332 e. The molecule has 0 amide bonds. The van der Waals surface area contributed by atoms with Crippen molar-refractivity contribution >= 4 is 18.4 Å². The molecule has 2 N–H and O–H groups in total. The summed E-state index contributed by atoms with van der Waals surface area (Å²) in [6, 6.07) is -0.559. The Bertz CT molecular complexity index is 152. The summed E-state index contributed by atoms with van der Waals surface area (Å²) in [6.07, 6.45) is 1.27. The Hall–Kier alpha value is -0.550. The Kier molecular flexibility index (Phi) is 6.79. The van der Waals surface area contributed by atoms with Crippen LogP contribution in [0.5, 0.6) is 0 Å². The Morgan fingerprint density at radius 2 is 2.42 bits per heavy atom. The number of hydrogen-bond acceptors (Lipinski definition) is 5. The predicted octanol–water partition coefficient (Wildman–Crippen LogP) is 0.388. The van der Waals surface area contributed by atoms with E-state index in [-0.39, 0.29) is 5.97 Å². The molecule has 0 saturated heterocycles. The highest BCUT2D eigenvalue weighted by Gasteiger charge is 2.16. The molecule has 0 spiro atoms. The van der Waals surface area contributed by atoms with Crippen LogP contribution in [0.15, 0.2) is 4.36 Å². The fourth-order valence-corrected chi connectivity index (χ4v) is 0.862. The van der Waals surface area contributed by atoms with Gasteiger partial charge in [0.05, 0.1) is 6.61 Å². The first-order chi connectivity index (χ1) is 5.76. The van der Waals surface area contributed by atoms with E-state index >= 15 is 0 Å². The van der Waals surface area contributed by atoms with Crippen LogP contribution in [0, 0.1) is 0 Å². The maximum absolute atomic E-state index is 11.1. The third kappa shape index (κ3) is 4.35. The highest BCUT2D eigenvalue weighted by molar-refractivity contribution is 7.47. The summed E-state index contributed by atoms with van der Waals surface area (Å²) in [4.78, 5) is 11.1. The number of nitrogens with two attached hydrogens (primary N) is 1. The van der Waals surface area contributed by atoms with Crippen LogP contribution in [0.25, 0.3) is 0 Å². The Labute approximate surface area is 77.6 Å². The van der Waals surface area contributed by atoms with Gasteiger partial charge in [0, 0.05) is 12.4 Å². The number of hydrogen-bond donors (Lipinski definition) is 1. The summed E-state index contributed by atoms with van der Waals surface area (Å²) in [5.41, 5.74) is 5.26. The average Bonchev–Trinajstić information content (AvgIpc) is 2.10. The summed E-state index contributed by atoms with van der Waals surface area (Å²) in [5, 5.41) is 0. The monoisotopic (exact) mass is 190 g/mol. The van der Waals surface area contributed by atoms with Gasteiger partial charge in [0.1, 0.15) is 0 Å². The van der Waals surface area contributed by atoms with E-state index in [0.717, 1.165) is 6.42 Å². The van der Waals surface area contributed by atoms with Gasteiger partial charge in [-0.2, -0.15) is 0 Å². The molecule has 0 aromatic heterocycles. The van der Waals surface area contributed by atoms with Crippen LogP contribution in [0.3, 0.4) is 0 Å². The molecule has 4 nitrogen and oxygen atoms in total.